The average molecular weight is 481 g/mol. The maximum atomic E-state index is 12.7. The highest BCUT2D eigenvalue weighted by atomic mass is 79.9. The summed E-state index contributed by atoms with van der Waals surface area (Å²) in [5.74, 6) is -0.518. The van der Waals surface area contributed by atoms with Gasteiger partial charge in [0.2, 0.25) is 0 Å². The molecule has 0 spiro atoms. The van der Waals surface area contributed by atoms with Gasteiger partial charge in [-0.2, -0.15) is 0 Å². The Morgan fingerprint density at radius 1 is 0.871 bits per heavy atom. The summed E-state index contributed by atoms with van der Waals surface area (Å²) in [5, 5.41) is 5.73. The van der Waals surface area contributed by atoms with Gasteiger partial charge in [-0.25, -0.2) is 0 Å². The minimum atomic E-state index is -0.281. The van der Waals surface area contributed by atoms with Gasteiger partial charge < -0.3 is 15.4 Å². The first kappa shape index (κ1) is 22.7. The van der Waals surface area contributed by atoms with Gasteiger partial charge in [-0.1, -0.05) is 54.6 Å². The number of rotatable bonds is 9. The lowest BCUT2D eigenvalue weighted by Crippen LogP contribution is -2.27. The van der Waals surface area contributed by atoms with Crippen LogP contribution in [-0.4, -0.2) is 25.0 Å². The van der Waals surface area contributed by atoms with Crippen LogP contribution in [0.25, 0.3) is 0 Å². The van der Waals surface area contributed by atoms with Crippen LogP contribution in [0.1, 0.15) is 45.7 Å². The van der Waals surface area contributed by atoms with E-state index in [-0.39, 0.29) is 17.9 Å². The molecule has 1 atom stereocenters. The lowest BCUT2D eigenvalue weighted by atomic mass is 10.1. The Kier molecular flexibility index (Phi) is 8.38. The van der Waals surface area contributed by atoms with Crippen LogP contribution >= 0.6 is 15.9 Å². The van der Waals surface area contributed by atoms with E-state index in [4.69, 9.17) is 4.74 Å². The molecule has 0 saturated carbocycles. The van der Waals surface area contributed by atoms with Gasteiger partial charge in [-0.15, -0.1) is 0 Å². The average Bonchev–Trinajstić information content (AvgIpc) is 2.79. The molecule has 0 bridgehead atoms. The maximum Gasteiger partial charge on any atom is 0.256 e. The third-order valence-electron chi connectivity index (χ3n) is 4.78. The van der Waals surface area contributed by atoms with Crippen molar-refractivity contribution in [3.8, 4) is 0 Å². The number of amides is 2. The van der Waals surface area contributed by atoms with Gasteiger partial charge in [0.05, 0.1) is 22.9 Å². The monoisotopic (exact) mass is 480 g/mol. The van der Waals surface area contributed by atoms with Crippen LogP contribution in [-0.2, 0) is 4.74 Å². The summed E-state index contributed by atoms with van der Waals surface area (Å²) in [6.45, 7) is 3.03. The van der Waals surface area contributed by atoms with Crippen molar-refractivity contribution in [2.45, 2.75) is 19.4 Å². The molecule has 0 aliphatic carbocycles. The molecule has 160 valence electrons. The number of benzene rings is 3. The maximum absolute atomic E-state index is 12.7. The van der Waals surface area contributed by atoms with Crippen LogP contribution in [0.4, 0.5) is 5.69 Å². The number of ether oxygens (including phenoxy) is 1. The minimum Gasteiger partial charge on any atom is -0.374 e. The number of para-hydroxylation sites is 1. The topological polar surface area (TPSA) is 67.4 Å². The fraction of sp³-hybridized carbons (Fsp3) is 0.200. The van der Waals surface area contributed by atoms with E-state index in [0.717, 1.165) is 5.56 Å². The molecule has 5 nitrogen and oxygen atoms in total. The molecular weight excluding hydrogens is 456 g/mol. The molecule has 2 amide bonds. The Labute approximate surface area is 191 Å². The van der Waals surface area contributed by atoms with Gasteiger partial charge >= 0.3 is 0 Å². The molecule has 0 saturated heterocycles. The number of hydrogen-bond donors (Lipinski definition) is 2. The third kappa shape index (κ3) is 6.51. The van der Waals surface area contributed by atoms with E-state index in [1.807, 2.05) is 43.3 Å². The zero-order valence-electron chi connectivity index (χ0n) is 17.3. The normalized spacial score (nSPS) is 11.5. The molecule has 1 unspecified atom stereocenters. The van der Waals surface area contributed by atoms with Crippen molar-refractivity contribution in [2.75, 3.05) is 18.5 Å². The Hall–Kier alpha value is -2.96. The summed E-state index contributed by atoms with van der Waals surface area (Å²) in [5.41, 5.74) is 2.51. The number of carbonyl (C=O) groups is 2. The predicted molar refractivity (Wildman–Crippen MR) is 126 cm³/mol. The van der Waals surface area contributed by atoms with Crippen LogP contribution in [0, 0.1) is 0 Å². The number of halogens is 1. The lowest BCUT2D eigenvalue weighted by Gasteiger charge is -2.14. The van der Waals surface area contributed by atoms with E-state index in [9.17, 15) is 9.59 Å². The molecule has 0 aliphatic rings. The minimum absolute atomic E-state index is 0.00477. The van der Waals surface area contributed by atoms with E-state index < -0.39 is 0 Å². The Morgan fingerprint density at radius 2 is 1.52 bits per heavy atom. The molecule has 3 aromatic carbocycles. The predicted octanol–water partition coefficient (Wildman–Crippen LogP) is 5.60. The number of carbonyl (C=O) groups excluding carboxylic acids is 2. The van der Waals surface area contributed by atoms with Gasteiger partial charge in [0.1, 0.15) is 0 Å². The molecule has 0 radical (unpaired) electrons. The number of nitrogens with one attached hydrogen (secondary N) is 2. The Bertz CT molecular complexity index is 1020. The van der Waals surface area contributed by atoms with Gasteiger partial charge in [0.15, 0.2) is 0 Å². The molecule has 0 heterocycles. The summed E-state index contributed by atoms with van der Waals surface area (Å²) in [6.07, 6.45) is 0.694. The zero-order chi connectivity index (χ0) is 22.1. The summed E-state index contributed by atoms with van der Waals surface area (Å²) < 4.78 is 6.53. The van der Waals surface area contributed by atoms with Crippen molar-refractivity contribution in [2.24, 2.45) is 0 Å². The first-order valence-corrected chi connectivity index (χ1v) is 10.9. The highest BCUT2D eigenvalue weighted by molar-refractivity contribution is 9.10. The van der Waals surface area contributed by atoms with Crippen molar-refractivity contribution in [1.82, 2.24) is 5.32 Å². The van der Waals surface area contributed by atoms with Crippen LogP contribution in [0.2, 0.25) is 0 Å². The van der Waals surface area contributed by atoms with E-state index >= 15 is 0 Å². The molecule has 0 aliphatic heterocycles. The van der Waals surface area contributed by atoms with Crippen LogP contribution in [0.5, 0.6) is 0 Å². The molecule has 2 N–H and O–H groups in total. The van der Waals surface area contributed by atoms with E-state index in [1.54, 1.807) is 42.5 Å². The Morgan fingerprint density at radius 3 is 2.26 bits per heavy atom. The van der Waals surface area contributed by atoms with Crippen LogP contribution < -0.4 is 10.6 Å². The standard InChI is InChI=1S/C25H25BrN2O3/c1-18(19-10-3-2-4-11-19)31-17-9-16-27-24(29)21-13-6-8-15-23(21)28-25(30)20-12-5-7-14-22(20)26/h2-8,10-15,18H,9,16-17H2,1H3,(H,27,29)(H,28,30). The molecule has 0 aromatic heterocycles. The molecule has 3 aromatic rings. The first-order valence-electron chi connectivity index (χ1n) is 10.2. The summed E-state index contributed by atoms with van der Waals surface area (Å²) in [6, 6.07) is 24.1. The van der Waals surface area contributed by atoms with Gasteiger partial charge in [0, 0.05) is 17.6 Å². The summed E-state index contributed by atoms with van der Waals surface area (Å²) >= 11 is 3.38. The number of anilines is 1. The van der Waals surface area contributed by atoms with Crippen LogP contribution in [0.3, 0.4) is 0 Å². The highest BCUT2D eigenvalue weighted by Crippen LogP contribution is 2.20. The van der Waals surface area contributed by atoms with Crippen molar-refractivity contribution < 1.29 is 14.3 Å². The summed E-state index contributed by atoms with van der Waals surface area (Å²) in [4.78, 5) is 25.3. The fourth-order valence-electron chi connectivity index (χ4n) is 3.07. The van der Waals surface area contributed by atoms with Gasteiger partial charge in [-0.3, -0.25) is 9.59 Å². The smallest absolute Gasteiger partial charge is 0.256 e. The first-order chi connectivity index (χ1) is 15.1. The molecule has 31 heavy (non-hydrogen) atoms. The number of hydrogen-bond acceptors (Lipinski definition) is 3. The zero-order valence-corrected chi connectivity index (χ0v) is 18.9. The van der Waals surface area contributed by atoms with Crippen LogP contribution in [0.15, 0.2) is 83.3 Å². The second-order valence-electron chi connectivity index (χ2n) is 7.01. The van der Waals surface area contributed by atoms with Gasteiger partial charge in [0.25, 0.3) is 11.8 Å². The van der Waals surface area contributed by atoms with Crippen molar-refractivity contribution in [3.63, 3.8) is 0 Å². The van der Waals surface area contributed by atoms with Gasteiger partial charge in [-0.05, 0) is 59.1 Å². The highest BCUT2D eigenvalue weighted by Gasteiger charge is 2.15. The SMILES string of the molecule is CC(OCCCNC(=O)c1ccccc1NC(=O)c1ccccc1Br)c1ccccc1. The molecule has 0 fully saturated rings. The summed E-state index contributed by atoms with van der Waals surface area (Å²) in [7, 11) is 0. The van der Waals surface area contributed by atoms with E-state index in [2.05, 4.69) is 26.6 Å². The molecular formula is C25H25BrN2O3. The van der Waals surface area contributed by atoms with Crippen molar-refractivity contribution in [1.29, 1.82) is 0 Å². The third-order valence-corrected chi connectivity index (χ3v) is 5.47. The lowest BCUT2D eigenvalue weighted by molar-refractivity contribution is 0.0635. The van der Waals surface area contributed by atoms with E-state index in [0.29, 0.717) is 40.9 Å². The molecule has 3 rings (SSSR count). The van der Waals surface area contributed by atoms with E-state index in [1.165, 1.54) is 0 Å². The second kappa shape index (κ2) is 11.4. The Balaban J connectivity index is 1.50. The second-order valence-corrected chi connectivity index (χ2v) is 7.87. The fourth-order valence-corrected chi connectivity index (χ4v) is 3.54. The largest absolute Gasteiger partial charge is 0.374 e. The van der Waals surface area contributed by atoms with Crippen molar-refractivity contribution in [3.05, 3.63) is 100 Å². The van der Waals surface area contributed by atoms with Crippen molar-refractivity contribution >= 4 is 33.4 Å². The quantitative estimate of drug-likeness (QED) is 0.391. The molecule has 6 heteroatoms.